The fourth-order valence-corrected chi connectivity index (χ4v) is 2.59. The number of benzene rings is 1. The number of hydrogen-bond donors (Lipinski definition) is 1. The molecule has 0 spiro atoms. The molecule has 0 saturated carbocycles. The molecule has 0 saturated heterocycles. The second kappa shape index (κ2) is 9.82. The molecule has 2 heteroatoms. The molecule has 0 amide bonds. The highest BCUT2D eigenvalue weighted by Crippen LogP contribution is 2.21. The first-order valence-corrected chi connectivity index (χ1v) is 8.11. The summed E-state index contributed by atoms with van der Waals surface area (Å²) in [7, 11) is 1.71. The predicted molar refractivity (Wildman–Crippen MR) is 87.4 cm³/mol. The van der Waals surface area contributed by atoms with Crippen molar-refractivity contribution in [2.75, 3.05) is 7.11 Å². The Morgan fingerprint density at radius 2 is 1.75 bits per heavy atom. The Morgan fingerprint density at radius 1 is 1.05 bits per heavy atom. The van der Waals surface area contributed by atoms with Crippen LogP contribution in [0.15, 0.2) is 24.3 Å². The van der Waals surface area contributed by atoms with E-state index in [1.54, 1.807) is 7.11 Å². The zero-order valence-electron chi connectivity index (χ0n) is 13.6. The molecule has 2 unspecified atom stereocenters. The van der Waals surface area contributed by atoms with Gasteiger partial charge in [-0.15, -0.1) is 0 Å². The van der Waals surface area contributed by atoms with E-state index in [2.05, 4.69) is 38.2 Å². The molecule has 0 radical (unpaired) electrons. The van der Waals surface area contributed by atoms with Crippen LogP contribution in [0.1, 0.15) is 70.9 Å². The summed E-state index contributed by atoms with van der Waals surface area (Å²) >= 11 is 0. The SMILES string of the molecule is CCCCCCC(C)NC(CC)c1ccc(OC)cc1. The maximum Gasteiger partial charge on any atom is 0.118 e. The molecular weight excluding hydrogens is 246 g/mol. The number of ether oxygens (including phenoxy) is 1. The van der Waals surface area contributed by atoms with Gasteiger partial charge in [0.25, 0.3) is 0 Å². The molecule has 0 aliphatic carbocycles. The van der Waals surface area contributed by atoms with Gasteiger partial charge in [0.1, 0.15) is 5.75 Å². The summed E-state index contributed by atoms with van der Waals surface area (Å²) in [4.78, 5) is 0. The number of rotatable bonds is 10. The molecule has 0 aliphatic rings. The summed E-state index contributed by atoms with van der Waals surface area (Å²) in [5.41, 5.74) is 1.36. The molecule has 1 aromatic rings. The van der Waals surface area contributed by atoms with Gasteiger partial charge >= 0.3 is 0 Å². The minimum absolute atomic E-state index is 0.446. The Hall–Kier alpha value is -1.02. The lowest BCUT2D eigenvalue weighted by Crippen LogP contribution is -2.30. The number of hydrogen-bond acceptors (Lipinski definition) is 2. The highest BCUT2D eigenvalue weighted by Gasteiger charge is 2.12. The molecule has 114 valence electrons. The van der Waals surface area contributed by atoms with Gasteiger partial charge in [0, 0.05) is 12.1 Å². The Labute approximate surface area is 124 Å². The topological polar surface area (TPSA) is 21.3 Å². The molecule has 1 aromatic carbocycles. The Bertz CT molecular complexity index is 347. The first kappa shape index (κ1) is 17.0. The van der Waals surface area contributed by atoms with E-state index in [9.17, 15) is 0 Å². The van der Waals surface area contributed by atoms with Crippen molar-refractivity contribution < 1.29 is 4.74 Å². The minimum Gasteiger partial charge on any atom is -0.497 e. The number of unbranched alkanes of at least 4 members (excludes halogenated alkanes) is 3. The van der Waals surface area contributed by atoms with E-state index < -0.39 is 0 Å². The highest BCUT2D eigenvalue weighted by atomic mass is 16.5. The van der Waals surface area contributed by atoms with Crippen LogP contribution in [0.4, 0.5) is 0 Å². The largest absolute Gasteiger partial charge is 0.497 e. The van der Waals surface area contributed by atoms with Gasteiger partial charge in [-0.1, -0.05) is 51.7 Å². The van der Waals surface area contributed by atoms with Crippen molar-refractivity contribution in [1.82, 2.24) is 5.32 Å². The van der Waals surface area contributed by atoms with Crippen molar-refractivity contribution in [3.63, 3.8) is 0 Å². The Kier molecular flexibility index (Phi) is 8.36. The smallest absolute Gasteiger partial charge is 0.118 e. The van der Waals surface area contributed by atoms with Gasteiger partial charge in [0.05, 0.1) is 7.11 Å². The van der Waals surface area contributed by atoms with E-state index >= 15 is 0 Å². The molecule has 0 heterocycles. The van der Waals surface area contributed by atoms with Gasteiger partial charge in [-0.05, 0) is 37.5 Å². The molecule has 20 heavy (non-hydrogen) atoms. The predicted octanol–water partition coefficient (Wildman–Crippen LogP) is 5.09. The van der Waals surface area contributed by atoms with Crippen LogP contribution in [0, 0.1) is 0 Å². The van der Waals surface area contributed by atoms with Crippen molar-refractivity contribution in [2.45, 2.75) is 71.4 Å². The molecule has 0 aliphatic heterocycles. The Morgan fingerprint density at radius 3 is 2.30 bits per heavy atom. The van der Waals surface area contributed by atoms with E-state index in [-0.39, 0.29) is 0 Å². The van der Waals surface area contributed by atoms with Crippen molar-refractivity contribution in [3.8, 4) is 5.75 Å². The summed E-state index contributed by atoms with van der Waals surface area (Å²) in [6.45, 7) is 6.81. The van der Waals surface area contributed by atoms with Gasteiger partial charge in [-0.25, -0.2) is 0 Å². The molecule has 2 nitrogen and oxygen atoms in total. The molecule has 1 rings (SSSR count). The average Bonchev–Trinajstić information content (AvgIpc) is 2.49. The quantitative estimate of drug-likeness (QED) is 0.601. The summed E-state index contributed by atoms with van der Waals surface area (Å²) in [6, 6.07) is 9.46. The minimum atomic E-state index is 0.446. The summed E-state index contributed by atoms with van der Waals surface area (Å²) < 4.78 is 5.22. The first-order chi connectivity index (χ1) is 9.71. The average molecular weight is 277 g/mol. The van der Waals surface area contributed by atoms with Crippen LogP contribution in [0.2, 0.25) is 0 Å². The third-order valence-electron chi connectivity index (χ3n) is 3.90. The van der Waals surface area contributed by atoms with E-state index in [1.165, 1.54) is 37.7 Å². The normalized spacial score (nSPS) is 14.0. The van der Waals surface area contributed by atoms with Crippen LogP contribution < -0.4 is 10.1 Å². The zero-order valence-corrected chi connectivity index (χ0v) is 13.6. The van der Waals surface area contributed by atoms with Crippen LogP contribution in [0.5, 0.6) is 5.75 Å². The third-order valence-corrected chi connectivity index (χ3v) is 3.90. The maximum atomic E-state index is 5.22. The van der Waals surface area contributed by atoms with Crippen LogP contribution >= 0.6 is 0 Å². The lowest BCUT2D eigenvalue weighted by atomic mass is 10.0. The van der Waals surface area contributed by atoms with Crippen LogP contribution in [0.3, 0.4) is 0 Å². The zero-order chi connectivity index (χ0) is 14.8. The standard InChI is InChI=1S/C18H31NO/c1-5-7-8-9-10-15(3)19-18(6-2)16-11-13-17(20-4)14-12-16/h11-15,18-19H,5-10H2,1-4H3. The number of methoxy groups -OCH3 is 1. The number of nitrogens with one attached hydrogen (secondary N) is 1. The molecule has 1 N–H and O–H groups in total. The summed E-state index contributed by atoms with van der Waals surface area (Å²) in [5.74, 6) is 0.927. The second-order valence-electron chi connectivity index (χ2n) is 5.65. The van der Waals surface area contributed by atoms with Crippen molar-refractivity contribution in [1.29, 1.82) is 0 Å². The van der Waals surface area contributed by atoms with Crippen LogP contribution in [0.25, 0.3) is 0 Å². The lowest BCUT2D eigenvalue weighted by molar-refractivity contribution is 0.408. The van der Waals surface area contributed by atoms with Crippen LogP contribution in [-0.4, -0.2) is 13.2 Å². The molecule has 0 bridgehead atoms. The molecule has 2 atom stereocenters. The lowest BCUT2D eigenvalue weighted by Gasteiger charge is -2.23. The van der Waals surface area contributed by atoms with Crippen molar-refractivity contribution >= 4 is 0 Å². The highest BCUT2D eigenvalue weighted by molar-refractivity contribution is 5.29. The fourth-order valence-electron chi connectivity index (χ4n) is 2.59. The first-order valence-electron chi connectivity index (χ1n) is 8.11. The van der Waals surface area contributed by atoms with Gasteiger partial charge in [0.2, 0.25) is 0 Å². The Balaban J connectivity index is 2.44. The van der Waals surface area contributed by atoms with Gasteiger partial charge < -0.3 is 10.1 Å². The van der Waals surface area contributed by atoms with E-state index in [1.807, 2.05) is 12.1 Å². The van der Waals surface area contributed by atoms with Crippen molar-refractivity contribution in [3.05, 3.63) is 29.8 Å². The fraction of sp³-hybridized carbons (Fsp3) is 0.667. The van der Waals surface area contributed by atoms with Crippen LogP contribution in [-0.2, 0) is 0 Å². The second-order valence-corrected chi connectivity index (χ2v) is 5.65. The summed E-state index contributed by atoms with van der Waals surface area (Å²) in [5, 5.41) is 3.76. The van der Waals surface area contributed by atoms with E-state index in [0.717, 1.165) is 12.2 Å². The molecule has 0 fully saturated rings. The van der Waals surface area contributed by atoms with Gasteiger partial charge in [0.15, 0.2) is 0 Å². The molecular formula is C18H31NO. The monoisotopic (exact) mass is 277 g/mol. The van der Waals surface area contributed by atoms with Crippen molar-refractivity contribution in [2.24, 2.45) is 0 Å². The summed E-state index contributed by atoms with van der Waals surface area (Å²) in [6.07, 6.45) is 7.76. The van der Waals surface area contributed by atoms with Gasteiger partial charge in [-0.3, -0.25) is 0 Å². The third kappa shape index (κ3) is 5.96. The van der Waals surface area contributed by atoms with E-state index in [0.29, 0.717) is 12.1 Å². The molecule has 0 aromatic heterocycles. The van der Waals surface area contributed by atoms with Gasteiger partial charge in [-0.2, -0.15) is 0 Å². The van der Waals surface area contributed by atoms with E-state index in [4.69, 9.17) is 4.74 Å². The maximum absolute atomic E-state index is 5.22.